The fraction of sp³-hybridized carbons (Fsp3) is 0.233. The van der Waals surface area contributed by atoms with Crippen molar-refractivity contribution in [1.29, 1.82) is 0 Å². The zero-order valence-corrected chi connectivity index (χ0v) is 20.7. The Morgan fingerprint density at radius 3 is 2.27 bits per heavy atom. The van der Waals surface area contributed by atoms with Crippen LogP contribution < -0.4 is 16.0 Å². The third-order valence-corrected chi connectivity index (χ3v) is 6.52. The van der Waals surface area contributed by atoms with Crippen LogP contribution in [0.3, 0.4) is 0 Å². The van der Waals surface area contributed by atoms with Gasteiger partial charge in [0.15, 0.2) is 0 Å². The Morgan fingerprint density at radius 1 is 0.946 bits per heavy atom. The number of aliphatic hydroxyl groups is 1. The van der Waals surface area contributed by atoms with Gasteiger partial charge >= 0.3 is 6.03 Å². The fourth-order valence-electron chi connectivity index (χ4n) is 4.26. The van der Waals surface area contributed by atoms with Gasteiger partial charge in [0.05, 0.1) is 23.0 Å². The van der Waals surface area contributed by atoms with Gasteiger partial charge in [0.2, 0.25) is 5.91 Å². The zero-order chi connectivity index (χ0) is 25.8. The van der Waals surface area contributed by atoms with Gasteiger partial charge in [-0.15, -0.1) is 0 Å². The Kier molecular flexibility index (Phi) is 7.14. The van der Waals surface area contributed by atoms with E-state index in [0.29, 0.717) is 23.3 Å². The number of nitrogens with zero attached hydrogens (tertiary/aromatic N) is 1. The molecule has 0 radical (unpaired) electrons. The third kappa shape index (κ3) is 5.62. The van der Waals surface area contributed by atoms with Gasteiger partial charge in [-0.1, -0.05) is 67.6 Å². The van der Waals surface area contributed by atoms with E-state index in [-0.39, 0.29) is 18.4 Å². The van der Waals surface area contributed by atoms with Crippen LogP contribution in [-0.2, 0) is 4.79 Å². The lowest BCUT2D eigenvalue weighted by atomic mass is 9.94. The lowest BCUT2D eigenvalue weighted by Gasteiger charge is -2.19. The molecule has 0 saturated heterocycles. The van der Waals surface area contributed by atoms with Crippen LogP contribution in [0, 0.1) is 5.92 Å². The number of aromatic nitrogens is 1. The van der Waals surface area contributed by atoms with Crippen LogP contribution >= 0.6 is 0 Å². The molecule has 3 amide bonds. The number of hydrogen-bond donors (Lipinski definition) is 4. The first-order chi connectivity index (χ1) is 18.0. The van der Waals surface area contributed by atoms with E-state index >= 15 is 0 Å². The monoisotopic (exact) mass is 494 g/mol. The zero-order valence-electron chi connectivity index (χ0n) is 20.7. The number of hydrogen-bond acceptors (Lipinski definition) is 4. The smallest absolute Gasteiger partial charge is 0.319 e. The molecule has 1 heterocycles. The molecule has 1 saturated carbocycles. The minimum absolute atomic E-state index is 0.00616. The summed E-state index contributed by atoms with van der Waals surface area (Å²) in [5, 5.41) is 19.2. The molecular formula is C30H30N4O3. The first kappa shape index (κ1) is 24.5. The van der Waals surface area contributed by atoms with Crippen molar-refractivity contribution in [3.63, 3.8) is 0 Å². The molecule has 1 aromatic heterocycles. The Labute approximate surface area is 215 Å². The van der Waals surface area contributed by atoms with E-state index in [1.54, 1.807) is 6.07 Å². The SMILES string of the molecule is CCC(O)CNC(=O)Nc1ccc2nc(-c3ccccc3)c(-c3ccccc3)c(NC(=O)C3CC3)c2c1. The fourth-order valence-corrected chi connectivity index (χ4v) is 4.26. The number of carbonyl (C=O) groups is 2. The molecule has 1 aliphatic rings. The first-order valence-corrected chi connectivity index (χ1v) is 12.7. The van der Waals surface area contributed by atoms with Crippen LogP contribution in [0.2, 0.25) is 0 Å². The van der Waals surface area contributed by atoms with E-state index in [9.17, 15) is 14.7 Å². The number of fused-ring (bicyclic) bond motifs is 1. The van der Waals surface area contributed by atoms with Crippen LogP contribution in [0.1, 0.15) is 26.2 Å². The number of benzene rings is 3. The number of amides is 3. The van der Waals surface area contributed by atoms with Gasteiger partial charge in [-0.25, -0.2) is 9.78 Å². The molecule has 1 aliphatic carbocycles. The molecular weight excluding hydrogens is 464 g/mol. The highest BCUT2D eigenvalue weighted by Crippen LogP contribution is 2.42. The van der Waals surface area contributed by atoms with Crippen molar-refractivity contribution in [1.82, 2.24) is 10.3 Å². The quantitative estimate of drug-likeness (QED) is 0.248. The second kappa shape index (κ2) is 10.8. The Hall–Kier alpha value is -4.23. The van der Waals surface area contributed by atoms with Crippen molar-refractivity contribution < 1.29 is 14.7 Å². The Balaban J connectivity index is 1.65. The normalized spacial score (nSPS) is 13.7. The number of aliphatic hydroxyl groups excluding tert-OH is 1. The van der Waals surface area contributed by atoms with Crippen LogP contribution in [0.15, 0.2) is 78.9 Å². The summed E-state index contributed by atoms with van der Waals surface area (Å²) < 4.78 is 0. The van der Waals surface area contributed by atoms with E-state index < -0.39 is 12.1 Å². The summed E-state index contributed by atoms with van der Waals surface area (Å²) in [7, 11) is 0. The van der Waals surface area contributed by atoms with Crippen molar-refractivity contribution in [2.45, 2.75) is 32.3 Å². The number of urea groups is 1. The summed E-state index contributed by atoms with van der Waals surface area (Å²) >= 11 is 0. The lowest BCUT2D eigenvalue weighted by molar-refractivity contribution is -0.117. The topological polar surface area (TPSA) is 103 Å². The second-order valence-corrected chi connectivity index (χ2v) is 9.34. The molecule has 3 aromatic carbocycles. The van der Waals surface area contributed by atoms with Crippen molar-refractivity contribution in [2.75, 3.05) is 17.2 Å². The van der Waals surface area contributed by atoms with Crippen LogP contribution in [0.5, 0.6) is 0 Å². The van der Waals surface area contributed by atoms with E-state index in [4.69, 9.17) is 4.98 Å². The predicted octanol–water partition coefficient (Wildman–Crippen LogP) is 5.81. The standard InChI is InChI=1S/C30H30N4O3/c1-2-23(35)18-31-30(37)32-22-15-16-25-24(17-22)28(34-29(36)21-13-14-21)26(19-9-5-3-6-10-19)27(33-25)20-11-7-4-8-12-20/h3-12,15-17,21,23,35H,2,13-14,18H2,1H3,(H2,31,32,37)(H,33,34,36). The van der Waals surface area contributed by atoms with E-state index in [1.807, 2.05) is 79.7 Å². The molecule has 4 N–H and O–H groups in total. The number of carbonyl (C=O) groups excluding carboxylic acids is 2. The summed E-state index contributed by atoms with van der Waals surface area (Å²) in [6.45, 7) is 2.02. The number of nitrogens with one attached hydrogen (secondary N) is 3. The maximum atomic E-state index is 13.1. The summed E-state index contributed by atoms with van der Waals surface area (Å²) in [5.74, 6) is 0.0115. The summed E-state index contributed by atoms with van der Waals surface area (Å²) in [6.07, 6.45) is 1.73. The average molecular weight is 495 g/mol. The molecule has 4 aromatic rings. The maximum absolute atomic E-state index is 13.1. The molecule has 0 bridgehead atoms. The van der Waals surface area contributed by atoms with Crippen LogP contribution in [0.4, 0.5) is 16.2 Å². The first-order valence-electron chi connectivity index (χ1n) is 12.7. The molecule has 0 aliphatic heterocycles. The van der Waals surface area contributed by atoms with Gasteiger partial charge in [0, 0.05) is 34.7 Å². The van der Waals surface area contributed by atoms with Crippen LogP contribution in [0.25, 0.3) is 33.3 Å². The van der Waals surface area contributed by atoms with Gasteiger partial charge in [-0.3, -0.25) is 4.79 Å². The molecule has 5 rings (SSSR count). The van der Waals surface area contributed by atoms with E-state index in [2.05, 4.69) is 16.0 Å². The lowest BCUT2D eigenvalue weighted by Crippen LogP contribution is -2.34. The average Bonchev–Trinajstić information content (AvgIpc) is 3.78. The molecule has 7 nitrogen and oxygen atoms in total. The molecule has 188 valence electrons. The van der Waals surface area contributed by atoms with Gasteiger partial charge in [0.1, 0.15) is 0 Å². The molecule has 1 unspecified atom stereocenters. The highest BCUT2D eigenvalue weighted by atomic mass is 16.3. The highest BCUT2D eigenvalue weighted by Gasteiger charge is 2.31. The van der Waals surface area contributed by atoms with Crippen molar-refractivity contribution >= 4 is 34.2 Å². The van der Waals surface area contributed by atoms with Crippen molar-refractivity contribution in [2.24, 2.45) is 5.92 Å². The predicted molar refractivity (Wildman–Crippen MR) is 147 cm³/mol. The number of anilines is 2. The molecule has 1 atom stereocenters. The van der Waals surface area contributed by atoms with E-state index in [0.717, 1.165) is 40.6 Å². The minimum atomic E-state index is -0.597. The largest absolute Gasteiger partial charge is 0.391 e. The van der Waals surface area contributed by atoms with Gasteiger partial charge < -0.3 is 21.1 Å². The summed E-state index contributed by atoms with van der Waals surface area (Å²) in [6, 6.07) is 24.9. The molecule has 7 heteroatoms. The van der Waals surface area contributed by atoms with Crippen molar-refractivity contribution in [3.8, 4) is 22.4 Å². The third-order valence-electron chi connectivity index (χ3n) is 6.52. The number of rotatable bonds is 8. The highest BCUT2D eigenvalue weighted by molar-refractivity contribution is 6.12. The van der Waals surface area contributed by atoms with Crippen molar-refractivity contribution in [3.05, 3.63) is 78.9 Å². The Morgan fingerprint density at radius 2 is 1.62 bits per heavy atom. The van der Waals surface area contributed by atoms with Gasteiger partial charge in [-0.05, 0) is 43.0 Å². The van der Waals surface area contributed by atoms with Gasteiger partial charge in [0.25, 0.3) is 0 Å². The van der Waals surface area contributed by atoms with Crippen LogP contribution in [-0.4, -0.2) is 34.7 Å². The maximum Gasteiger partial charge on any atom is 0.319 e. The molecule has 0 spiro atoms. The summed E-state index contributed by atoms with van der Waals surface area (Å²) in [4.78, 5) is 30.5. The summed E-state index contributed by atoms with van der Waals surface area (Å²) in [5.41, 5.74) is 5.44. The molecule has 1 fully saturated rings. The Bertz CT molecular complexity index is 1420. The minimum Gasteiger partial charge on any atom is -0.391 e. The number of pyridine rings is 1. The van der Waals surface area contributed by atoms with E-state index in [1.165, 1.54) is 0 Å². The van der Waals surface area contributed by atoms with Gasteiger partial charge in [-0.2, -0.15) is 0 Å². The second-order valence-electron chi connectivity index (χ2n) is 9.34. The molecule has 37 heavy (non-hydrogen) atoms.